The second-order valence-corrected chi connectivity index (χ2v) is 5.56. The highest BCUT2D eigenvalue weighted by Gasteiger charge is 2.13. The topological polar surface area (TPSA) is 72.5 Å². The zero-order valence-corrected chi connectivity index (χ0v) is 14.5. The van der Waals surface area contributed by atoms with Crippen molar-refractivity contribution >= 4 is 17.4 Å². The van der Waals surface area contributed by atoms with Crippen LogP contribution < -0.4 is 20.1 Å². The van der Waals surface area contributed by atoms with E-state index in [2.05, 4.69) is 29.5 Å². The number of benzene rings is 1. The molecule has 2 aromatic rings. The fourth-order valence-electron chi connectivity index (χ4n) is 2.27. The number of para-hydroxylation sites is 1. The summed E-state index contributed by atoms with van der Waals surface area (Å²) in [6.07, 6.45) is 0. The molecule has 2 rings (SSSR count). The van der Waals surface area contributed by atoms with Gasteiger partial charge in [-0.3, -0.25) is 0 Å². The summed E-state index contributed by atoms with van der Waals surface area (Å²) in [6, 6.07) is 10.3. The van der Waals surface area contributed by atoms with E-state index in [1.807, 2.05) is 24.3 Å². The molecule has 7 heteroatoms. The molecule has 0 aliphatic rings. The summed E-state index contributed by atoms with van der Waals surface area (Å²) in [5.41, 5.74) is 2.08. The van der Waals surface area contributed by atoms with Gasteiger partial charge in [0, 0.05) is 11.8 Å². The Morgan fingerprint density at radius 2 is 1.88 bits per heavy atom. The Kier molecular flexibility index (Phi) is 6.56. The highest BCUT2D eigenvalue weighted by Crippen LogP contribution is 2.27. The Morgan fingerprint density at radius 3 is 2.56 bits per heavy atom. The van der Waals surface area contributed by atoms with Crippen LogP contribution in [0.2, 0.25) is 0 Å². The largest absolute Gasteiger partial charge is 0.481 e. The number of amides is 2. The van der Waals surface area contributed by atoms with E-state index in [0.717, 1.165) is 11.3 Å². The SMILES string of the molecule is COc1ccc(NC(=O)Nc2ccccc2C(C)C)c(OCCF)n1. The molecule has 0 atom stereocenters. The first kappa shape index (κ1) is 18.5. The highest BCUT2D eigenvalue weighted by molar-refractivity contribution is 6.01. The van der Waals surface area contributed by atoms with E-state index >= 15 is 0 Å². The molecule has 6 nitrogen and oxygen atoms in total. The van der Waals surface area contributed by atoms with Crippen molar-refractivity contribution in [2.75, 3.05) is 31.0 Å². The highest BCUT2D eigenvalue weighted by atomic mass is 19.1. The van der Waals surface area contributed by atoms with Gasteiger partial charge in [-0.2, -0.15) is 4.98 Å². The minimum absolute atomic E-state index is 0.101. The van der Waals surface area contributed by atoms with E-state index in [-0.39, 0.29) is 18.4 Å². The van der Waals surface area contributed by atoms with Crippen LogP contribution in [0.25, 0.3) is 0 Å². The molecule has 0 unspecified atom stereocenters. The molecule has 25 heavy (non-hydrogen) atoms. The van der Waals surface area contributed by atoms with Crippen molar-refractivity contribution in [1.29, 1.82) is 0 Å². The third-order valence-corrected chi connectivity index (χ3v) is 3.44. The molecule has 1 aromatic carbocycles. The lowest BCUT2D eigenvalue weighted by molar-refractivity contribution is 0.258. The zero-order valence-electron chi connectivity index (χ0n) is 14.5. The van der Waals surface area contributed by atoms with Crippen molar-refractivity contribution in [2.24, 2.45) is 0 Å². The summed E-state index contributed by atoms with van der Waals surface area (Å²) in [5, 5.41) is 5.48. The Bertz CT molecular complexity index is 722. The second-order valence-electron chi connectivity index (χ2n) is 5.56. The first-order valence-electron chi connectivity index (χ1n) is 7.96. The number of anilines is 2. The van der Waals surface area contributed by atoms with Crippen molar-refractivity contribution in [1.82, 2.24) is 4.98 Å². The number of nitrogens with one attached hydrogen (secondary N) is 2. The minimum Gasteiger partial charge on any atom is -0.481 e. The molecule has 2 amide bonds. The van der Waals surface area contributed by atoms with Gasteiger partial charge in [0.05, 0.1) is 7.11 Å². The molecular weight excluding hydrogens is 325 g/mol. The Morgan fingerprint density at radius 1 is 1.16 bits per heavy atom. The van der Waals surface area contributed by atoms with Gasteiger partial charge in [-0.25, -0.2) is 9.18 Å². The van der Waals surface area contributed by atoms with Gasteiger partial charge in [-0.15, -0.1) is 0 Å². The normalized spacial score (nSPS) is 10.4. The number of pyridine rings is 1. The number of ether oxygens (including phenoxy) is 2. The van der Waals surface area contributed by atoms with E-state index in [1.165, 1.54) is 7.11 Å². The maximum absolute atomic E-state index is 12.4. The van der Waals surface area contributed by atoms with E-state index in [0.29, 0.717) is 11.6 Å². The summed E-state index contributed by atoms with van der Waals surface area (Å²) in [6.45, 7) is 3.28. The third-order valence-electron chi connectivity index (χ3n) is 3.44. The van der Waals surface area contributed by atoms with Crippen LogP contribution in [0.5, 0.6) is 11.8 Å². The van der Waals surface area contributed by atoms with Gasteiger partial charge in [0.1, 0.15) is 19.0 Å². The first-order chi connectivity index (χ1) is 12.0. The lowest BCUT2D eigenvalue weighted by atomic mass is 10.0. The third kappa shape index (κ3) is 5.07. The van der Waals surface area contributed by atoms with Crippen LogP contribution in [-0.2, 0) is 0 Å². The van der Waals surface area contributed by atoms with Crippen molar-refractivity contribution < 1.29 is 18.7 Å². The summed E-state index contributed by atoms with van der Waals surface area (Å²) < 4.78 is 22.6. The van der Waals surface area contributed by atoms with E-state index < -0.39 is 12.7 Å². The maximum atomic E-state index is 12.4. The molecule has 0 radical (unpaired) electrons. The van der Waals surface area contributed by atoms with Crippen LogP contribution in [0, 0.1) is 0 Å². The lowest BCUT2D eigenvalue weighted by Crippen LogP contribution is -2.21. The van der Waals surface area contributed by atoms with Crippen molar-refractivity contribution in [3.63, 3.8) is 0 Å². The van der Waals surface area contributed by atoms with Gasteiger partial charge in [0.25, 0.3) is 0 Å². The number of hydrogen-bond donors (Lipinski definition) is 2. The van der Waals surface area contributed by atoms with Crippen LogP contribution in [0.15, 0.2) is 36.4 Å². The van der Waals surface area contributed by atoms with Crippen LogP contribution in [-0.4, -0.2) is 31.4 Å². The Hall–Kier alpha value is -2.83. The quantitative estimate of drug-likeness (QED) is 0.787. The molecule has 0 spiro atoms. The van der Waals surface area contributed by atoms with Crippen molar-refractivity contribution in [3.05, 3.63) is 42.0 Å². The van der Waals surface area contributed by atoms with Gasteiger partial charge in [0.15, 0.2) is 0 Å². The van der Waals surface area contributed by atoms with Crippen LogP contribution in [0.3, 0.4) is 0 Å². The predicted octanol–water partition coefficient (Wildman–Crippen LogP) is 4.21. The average Bonchev–Trinajstić information content (AvgIpc) is 2.61. The molecule has 1 heterocycles. The number of carbonyl (C=O) groups excluding carboxylic acids is 1. The molecule has 0 saturated heterocycles. The van der Waals surface area contributed by atoms with E-state index in [1.54, 1.807) is 12.1 Å². The van der Waals surface area contributed by atoms with Gasteiger partial charge >= 0.3 is 6.03 Å². The second kappa shape index (κ2) is 8.86. The molecule has 134 valence electrons. The van der Waals surface area contributed by atoms with Gasteiger partial charge in [0.2, 0.25) is 11.8 Å². The predicted molar refractivity (Wildman–Crippen MR) is 95.4 cm³/mol. The number of hydrogen-bond acceptors (Lipinski definition) is 4. The minimum atomic E-state index is -0.660. The van der Waals surface area contributed by atoms with Crippen LogP contribution >= 0.6 is 0 Å². The maximum Gasteiger partial charge on any atom is 0.323 e. The fourth-order valence-corrected chi connectivity index (χ4v) is 2.27. The lowest BCUT2D eigenvalue weighted by Gasteiger charge is -2.15. The standard InChI is InChI=1S/C18H22FN3O3/c1-12(2)13-6-4-5-7-14(13)20-18(23)21-15-8-9-16(24-3)22-17(15)25-11-10-19/h4-9,12H,10-11H2,1-3H3,(H2,20,21,23). The molecule has 1 aromatic heterocycles. The average molecular weight is 347 g/mol. The van der Waals surface area contributed by atoms with Crippen LogP contribution in [0.4, 0.5) is 20.6 Å². The molecule has 2 N–H and O–H groups in total. The number of methoxy groups -OCH3 is 1. The zero-order chi connectivity index (χ0) is 18.2. The van der Waals surface area contributed by atoms with E-state index in [4.69, 9.17) is 9.47 Å². The Labute approximate surface area is 146 Å². The van der Waals surface area contributed by atoms with Crippen LogP contribution in [0.1, 0.15) is 25.3 Å². The van der Waals surface area contributed by atoms with Gasteiger partial charge in [-0.1, -0.05) is 32.0 Å². The number of aromatic nitrogens is 1. The number of nitrogens with zero attached hydrogens (tertiary/aromatic N) is 1. The molecule has 0 aliphatic carbocycles. The van der Waals surface area contributed by atoms with Crippen molar-refractivity contribution in [2.45, 2.75) is 19.8 Å². The first-order valence-corrected chi connectivity index (χ1v) is 7.96. The number of carbonyl (C=O) groups is 1. The summed E-state index contributed by atoms with van der Waals surface area (Å²) in [4.78, 5) is 16.4. The number of halogens is 1. The number of alkyl halides is 1. The monoisotopic (exact) mass is 347 g/mol. The molecule has 0 fully saturated rings. The summed E-state index contributed by atoms with van der Waals surface area (Å²) >= 11 is 0. The fraction of sp³-hybridized carbons (Fsp3) is 0.333. The molecule has 0 aliphatic heterocycles. The van der Waals surface area contributed by atoms with Gasteiger partial charge in [-0.05, 0) is 23.6 Å². The smallest absolute Gasteiger partial charge is 0.323 e. The molecule has 0 saturated carbocycles. The number of rotatable bonds is 7. The van der Waals surface area contributed by atoms with Crippen molar-refractivity contribution in [3.8, 4) is 11.8 Å². The Balaban J connectivity index is 2.15. The number of urea groups is 1. The summed E-state index contributed by atoms with van der Waals surface area (Å²) in [5.74, 6) is 0.678. The summed E-state index contributed by atoms with van der Waals surface area (Å²) in [7, 11) is 1.46. The molecule has 0 bridgehead atoms. The van der Waals surface area contributed by atoms with E-state index in [9.17, 15) is 9.18 Å². The van der Waals surface area contributed by atoms with Gasteiger partial charge < -0.3 is 20.1 Å². The molecular formula is C18H22FN3O3.